The van der Waals surface area contributed by atoms with Gasteiger partial charge >= 0.3 is 0 Å². The second kappa shape index (κ2) is 6.53. The Bertz CT molecular complexity index is 2040. The van der Waals surface area contributed by atoms with Gasteiger partial charge in [-0.2, -0.15) is 4.57 Å². The van der Waals surface area contributed by atoms with Crippen LogP contribution in [0.25, 0.3) is 60.6 Å². The highest BCUT2D eigenvalue weighted by Gasteiger charge is 2.46. The van der Waals surface area contributed by atoms with Crippen LogP contribution >= 0.6 is 0 Å². The van der Waals surface area contributed by atoms with Gasteiger partial charge in [0, 0.05) is 33.2 Å². The molecular formula is C34H27N2+. The first-order valence-corrected chi connectivity index (χ1v) is 12.8. The zero-order chi connectivity index (χ0) is 24.3. The van der Waals surface area contributed by atoms with E-state index in [1.807, 2.05) is 0 Å². The van der Waals surface area contributed by atoms with Gasteiger partial charge in [0.25, 0.3) is 0 Å². The second-order valence-electron chi connectivity index (χ2n) is 10.9. The van der Waals surface area contributed by atoms with Crippen molar-refractivity contribution in [3.8, 4) is 22.5 Å². The van der Waals surface area contributed by atoms with Gasteiger partial charge in [0.05, 0.1) is 27.7 Å². The Morgan fingerprint density at radius 2 is 1.33 bits per heavy atom. The summed E-state index contributed by atoms with van der Waals surface area (Å²) in [5.74, 6) is 0. The Morgan fingerprint density at radius 3 is 2.17 bits per heavy atom. The highest BCUT2D eigenvalue weighted by molar-refractivity contribution is 6.19. The summed E-state index contributed by atoms with van der Waals surface area (Å²) < 4.78 is 4.99. The molecule has 0 saturated carbocycles. The van der Waals surface area contributed by atoms with Crippen LogP contribution in [0.2, 0.25) is 0 Å². The first kappa shape index (κ1) is 20.1. The Hall–Kier alpha value is -4.17. The van der Waals surface area contributed by atoms with Crippen LogP contribution < -0.4 is 4.57 Å². The summed E-state index contributed by atoms with van der Waals surface area (Å²) in [7, 11) is 2.24. The van der Waals surface area contributed by atoms with Gasteiger partial charge in [0.2, 0.25) is 11.2 Å². The maximum Gasteiger partial charge on any atom is 0.222 e. The molecule has 0 spiro atoms. The van der Waals surface area contributed by atoms with E-state index in [0.29, 0.717) is 0 Å². The third-order valence-electron chi connectivity index (χ3n) is 8.67. The molecule has 3 heterocycles. The lowest BCUT2D eigenvalue weighted by atomic mass is 9.79. The average Bonchev–Trinajstić information content (AvgIpc) is 3.49. The van der Waals surface area contributed by atoms with Crippen LogP contribution in [0.15, 0.2) is 91.0 Å². The van der Waals surface area contributed by atoms with Crippen LogP contribution in [-0.4, -0.2) is 4.40 Å². The van der Waals surface area contributed by atoms with Gasteiger partial charge in [-0.05, 0) is 41.8 Å². The number of fused-ring (bicyclic) bond motifs is 10. The van der Waals surface area contributed by atoms with Gasteiger partial charge in [0.15, 0.2) is 0 Å². The molecule has 36 heavy (non-hydrogen) atoms. The number of nitrogens with zero attached hydrogens (tertiary/aromatic N) is 2. The molecule has 3 aromatic heterocycles. The van der Waals surface area contributed by atoms with Gasteiger partial charge in [0.1, 0.15) is 7.05 Å². The van der Waals surface area contributed by atoms with E-state index in [1.165, 1.54) is 77.3 Å². The van der Waals surface area contributed by atoms with Crippen molar-refractivity contribution in [1.82, 2.24) is 4.40 Å². The lowest BCUT2D eigenvalue weighted by molar-refractivity contribution is -0.633. The SMILES string of the molecule is Cc1ccccc1-c1c2c(c3ccccc3[n+]1C)C(C)(C)c1c-2n2c3ccccc3c3cccc1c32. The van der Waals surface area contributed by atoms with Crippen LogP contribution in [0.1, 0.15) is 30.5 Å². The third kappa shape index (κ3) is 2.17. The first-order chi connectivity index (χ1) is 17.5. The van der Waals surface area contributed by atoms with Crippen molar-refractivity contribution in [3.63, 3.8) is 0 Å². The van der Waals surface area contributed by atoms with Crippen LogP contribution in [-0.2, 0) is 12.5 Å². The summed E-state index contributed by atoms with van der Waals surface area (Å²) >= 11 is 0. The van der Waals surface area contributed by atoms with Crippen molar-refractivity contribution >= 4 is 38.1 Å². The third-order valence-corrected chi connectivity index (χ3v) is 8.67. The second-order valence-corrected chi connectivity index (χ2v) is 10.9. The molecule has 1 aliphatic rings. The van der Waals surface area contributed by atoms with Gasteiger partial charge in [-0.1, -0.05) is 80.6 Å². The summed E-state index contributed by atoms with van der Waals surface area (Å²) in [6.07, 6.45) is 0. The lowest BCUT2D eigenvalue weighted by Gasteiger charge is -2.23. The van der Waals surface area contributed by atoms with Gasteiger partial charge in [-0.15, -0.1) is 0 Å². The number of hydrogen-bond acceptors (Lipinski definition) is 0. The fourth-order valence-corrected chi connectivity index (χ4v) is 7.24. The van der Waals surface area contributed by atoms with E-state index in [2.05, 4.69) is 128 Å². The molecule has 1 aliphatic carbocycles. The van der Waals surface area contributed by atoms with Crippen molar-refractivity contribution in [2.24, 2.45) is 7.05 Å². The number of pyridine rings is 1. The average molecular weight is 464 g/mol. The minimum absolute atomic E-state index is 0.135. The minimum atomic E-state index is -0.135. The summed E-state index contributed by atoms with van der Waals surface area (Å²) in [5.41, 5.74) is 13.3. The van der Waals surface area contributed by atoms with E-state index in [9.17, 15) is 0 Å². The van der Waals surface area contributed by atoms with E-state index in [1.54, 1.807) is 0 Å². The fourth-order valence-electron chi connectivity index (χ4n) is 7.24. The molecule has 0 unspecified atom stereocenters. The zero-order valence-electron chi connectivity index (χ0n) is 21.1. The smallest absolute Gasteiger partial charge is 0.222 e. The van der Waals surface area contributed by atoms with E-state index in [0.717, 1.165) is 0 Å². The zero-order valence-corrected chi connectivity index (χ0v) is 21.1. The Balaban J connectivity index is 1.71. The molecule has 7 aromatic rings. The normalized spacial score (nSPS) is 14.3. The first-order valence-electron chi connectivity index (χ1n) is 12.8. The highest BCUT2D eigenvalue weighted by atomic mass is 15.0. The summed E-state index contributed by atoms with van der Waals surface area (Å²) in [5, 5.41) is 5.39. The molecule has 2 nitrogen and oxygen atoms in total. The monoisotopic (exact) mass is 463 g/mol. The molecular weight excluding hydrogens is 436 g/mol. The predicted octanol–water partition coefficient (Wildman–Crippen LogP) is 7.94. The van der Waals surface area contributed by atoms with Crippen molar-refractivity contribution < 1.29 is 4.57 Å². The van der Waals surface area contributed by atoms with E-state index in [4.69, 9.17) is 0 Å². The molecule has 0 radical (unpaired) electrons. The highest BCUT2D eigenvalue weighted by Crippen LogP contribution is 2.58. The number of para-hydroxylation sites is 3. The molecule has 0 aliphatic heterocycles. The van der Waals surface area contributed by atoms with Gasteiger partial charge in [-0.3, -0.25) is 0 Å². The summed E-state index contributed by atoms with van der Waals surface area (Å²) in [4.78, 5) is 0. The van der Waals surface area contributed by atoms with Crippen molar-refractivity contribution in [2.45, 2.75) is 26.2 Å². The number of rotatable bonds is 1. The molecule has 2 heteroatoms. The van der Waals surface area contributed by atoms with Gasteiger partial charge < -0.3 is 4.40 Å². The van der Waals surface area contributed by atoms with Crippen LogP contribution in [0.5, 0.6) is 0 Å². The van der Waals surface area contributed by atoms with Crippen LogP contribution in [0, 0.1) is 6.92 Å². The van der Waals surface area contributed by atoms with E-state index < -0.39 is 0 Å². The maximum absolute atomic E-state index is 2.57. The fraction of sp³-hybridized carbons (Fsp3) is 0.147. The molecule has 0 bridgehead atoms. The molecule has 0 amide bonds. The van der Waals surface area contributed by atoms with Crippen LogP contribution in [0.4, 0.5) is 0 Å². The number of aromatic nitrogens is 2. The maximum atomic E-state index is 2.57. The number of hydrogen-bond donors (Lipinski definition) is 0. The lowest BCUT2D eigenvalue weighted by Crippen LogP contribution is -2.34. The molecule has 0 fully saturated rings. The minimum Gasteiger partial charge on any atom is -0.307 e. The molecule has 4 aromatic carbocycles. The largest absolute Gasteiger partial charge is 0.307 e. The molecule has 172 valence electrons. The van der Waals surface area contributed by atoms with Crippen molar-refractivity contribution in [2.75, 3.05) is 0 Å². The summed E-state index contributed by atoms with van der Waals surface area (Å²) in [6, 6.07) is 33.5. The molecule has 0 atom stereocenters. The molecule has 0 N–H and O–H groups in total. The topological polar surface area (TPSA) is 8.29 Å². The number of benzene rings is 4. The van der Waals surface area contributed by atoms with Crippen LogP contribution in [0.3, 0.4) is 0 Å². The summed E-state index contributed by atoms with van der Waals surface area (Å²) in [6.45, 7) is 7.09. The molecule has 8 rings (SSSR count). The predicted molar refractivity (Wildman–Crippen MR) is 150 cm³/mol. The van der Waals surface area contributed by atoms with Crippen molar-refractivity contribution in [3.05, 3.63) is 108 Å². The standard InChI is InChI=1S/C34H27N2/c1-20-12-5-6-13-21(20)32-28-29(24-15-8-9-18-26(24)35(32)4)34(2,3)30-25-17-11-16-23-22-14-7-10-19-27(22)36(31(23)25)33(28)30/h5-19H,1-4H3/q+1. The van der Waals surface area contributed by atoms with E-state index in [-0.39, 0.29) is 5.41 Å². The quantitative estimate of drug-likeness (QED) is 0.218. The van der Waals surface area contributed by atoms with Gasteiger partial charge in [-0.25, -0.2) is 0 Å². The molecule has 0 saturated heterocycles. The number of aryl methyl sites for hydroxylation is 2. The Kier molecular flexibility index (Phi) is 3.64. The van der Waals surface area contributed by atoms with Crippen molar-refractivity contribution in [1.29, 1.82) is 0 Å². The van der Waals surface area contributed by atoms with E-state index >= 15 is 0 Å². The Morgan fingerprint density at radius 1 is 0.667 bits per heavy atom. The Labute approximate surface area is 210 Å².